The highest BCUT2D eigenvalue weighted by Gasteiger charge is 2.34. The second-order valence-electron chi connectivity index (χ2n) is 5.81. The van der Waals surface area contributed by atoms with Crippen LogP contribution >= 0.6 is 0 Å². The van der Waals surface area contributed by atoms with Crippen LogP contribution < -0.4 is 9.44 Å². The number of hydrogen-bond donors (Lipinski definition) is 2. The quantitative estimate of drug-likeness (QED) is 0.718. The van der Waals surface area contributed by atoms with Crippen LogP contribution in [0.4, 0.5) is 13.2 Å². The molecule has 0 aliphatic rings. The van der Waals surface area contributed by atoms with E-state index in [1.807, 2.05) is 4.72 Å². The Morgan fingerprint density at radius 2 is 1.67 bits per heavy atom. The molecule has 10 heteroatoms. The first-order chi connectivity index (χ1) is 9.13. The SMILES string of the molecule is CC(C)[C@H](NS(=O)(=O)NCC(F)(F)F)C(=O)OC(C)(C)C. The van der Waals surface area contributed by atoms with Gasteiger partial charge in [0.15, 0.2) is 0 Å². The molecule has 0 aromatic heterocycles. The molecule has 1 atom stereocenters. The van der Waals surface area contributed by atoms with Crippen LogP contribution in [0.3, 0.4) is 0 Å². The number of alkyl halides is 3. The first kappa shape index (κ1) is 20.1. The van der Waals surface area contributed by atoms with Crippen LogP contribution in [0.15, 0.2) is 0 Å². The van der Waals surface area contributed by atoms with E-state index in [4.69, 9.17) is 4.74 Å². The van der Waals surface area contributed by atoms with Gasteiger partial charge in [0, 0.05) is 0 Å². The third-order valence-electron chi connectivity index (χ3n) is 2.07. The topological polar surface area (TPSA) is 84.5 Å². The first-order valence-electron chi connectivity index (χ1n) is 6.19. The van der Waals surface area contributed by atoms with E-state index in [2.05, 4.69) is 0 Å². The molecule has 0 aromatic carbocycles. The van der Waals surface area contributed by atoms with E-state index in [1.54, 1.807) is 34.6 Å². The Kier molecular flexibility index (Phi) is 6.64. The highest BCUT2D eigenvalue weighted by atomic mass is 32.2. The van der Waals surface area contributed by atoms with Gasteiger partial charge in [-0.15, -0.1) is 0 Å². The van der Waals surface area contributed by atoms with Crippen LogP contribution in [0, 0.1) is 5.92 Å². The standard InChI is InChI=1S/C11H21F3N2O4S/c1-7(2)8(9(17)20-10(3,4)5)16-21(18,19)15-6-11(12,13)14/h7-8,15-16H,6H2,1-5H3/t8-/m0/s1. The van der Waals surface area contributed by atoms with Gasteiger partial charge in [0.1, 0.15) is 18.2 Å². The van der Waals surface area contributed by atoms with Crippen LogP contribution in [-0.2, 0) is 19.7 Å². The van der Waals surface area contributed by atoms with Gasteiger partial charge < -0.3 is 4.74 Å². The third-order valence-corrected chi connectivity index (χ3v) is 3.16. The number of halogens is 3. The Morgan fingerprint density at radius 1 is 1.19 bits per heavy atom. The summed E-state index contributed by atoms with van der Waals surface area (Å²) >= 11 is 0. The van der Waals surface area contributed by atoms with Crippen LogP contribution in [0.25, 0.3) is 0 Å². The Balaban J connectivity index is 4.89. The Bertz CT molecular complexity index is 455. The lowest BCUT2D eigenvalue weighted by Crippen LogP contribution is -2.52. The van der Waals surface area contributed by atoms with Gasteiger partial charge >= 0.3 is 12.1 Å². The summed E-state index contributed by atoms with van der Waals surface area (Å²) in [5, 5.41) is 0. The third kappa shape index (κ3) is 9.64. The fraction of sp³-hybridized carbons (Fsp3) is 0.909. The van der Waals surface area contributed by atoms with Gasteiger partial charge in [-0.1, -0.05) is 13.8 Å². The molecule has 0 bridgehead atoms. The van der Waals surface area contributed by atoms with Crippen molar-refractivity contribution in [1.82, 2.24) is 9.44 Å². The summed E-state index contributed by atoms with van der Waals surface area (Å²) in [5.41, 5.74) is -0.838. The maximum absolute atomic E-state index is 12.0. The molecule has 0 fully saturated rings. The Morgan fingerprint density at radius 3 is 2.00 bits per heavy atom. The highest BCUT2D eigenvalue weighted by Crippen LogP contribution is 2.14. The van der Waals surface area contributed by atoms with Crippen molar-refractivity contribution in [3.63, 3.8) is 0 Å². The molecular formula is C11H21F3N2O4S. The molecule has 126 valence electrons. The number of rotatable bonds is 6. The molecule has 0 heterocycles. The maximum atomic E-state index is 12.0. The average molecular weight is 334 g/mol. The van der Waals surface area contributed by atoms with E-state index in [1.165, 1.54) is 4.72 Å². The van der Waals surface area contributed by atoms with Crippen molar-refractivity contribution < 1.29 is 31.1 Å². The summed E-state index contributed by atoms with van der Waals surface area (Å²) in [6, 6.07) is -1.28. The fourth-order valence-electron chi connectivity index (χ4n) is 1.21. The molecule has 6 nitrogen and oxygen atoms in total. The molecule has 21 heavy (non-hydrogen) atoms. The zero-order valence-electron chi connectivity index (χ0n) is 12.5. The molecule has 0 aromatic rings. The number of hydrogen-bond acceptors (Lipinski definition) is 4. The van der Waals surface area contributed by atoms with Gasteiger partial charge in [0.25, 0.3) is 10.2 Å². The van der Waals surface area contributed by atoms with Crippen molar-refractivity contribution in [3.05, 3.63) is 0 Å². The largest absolute Gasteiger partial charge is 0.459 e. The van der Waals surface area contributed by atoms with Crippen molar-refractivity contribution in [3.8, 4) is 0 Å². The van der Waals surface area contributed by atoms with Crippen LogP contribution in [0.1, 0.15) is 34.6 Å². The van der Waals surface area contributed by atoms with E-state index in [0.29, 0.717) is 0 Å². The lowest BCUT2D eigenvalue weighted by atomic mass is 10.1. The number of ether oxygens (including phenoxy) is 1. The molecule has 0 saturated heterocycles. The monoisotopic (exact) mass is 334 g/mol. The van der Waals surface area contributed by atoms with Gasteiger partial charge in [0.2, 0.25) is 0 Å². The van der Waals surface area contributed by atoms with Gasteiger partial charge in [-0.05, 0) is 26.7 Å². The number of esters is 1. The Hall–Kier alpha value is -0.870. The van der Waals surface area contributed by atoms with E-state index < -0.39 is 46.5 Å². The minimum Gasteiger partial charge on any atom is -0.459 e. The minimum absolute atomic E-state index is 0.498. The second kappa shape index (κ2) is 6.93. The summed E-state index contributed by atoms with van der Waals surface area (Å²) in [4.78, 5) is 11.9. The van der Waals surface area contributed by atoms with E-state index in [9.17, 15) is 26.4 Å². The molecule has 0 radical (unpaired) electrons. The summed E-state index contributed by atoms with van der Waals surface area (Å²) in [6.45, 7) is 6.15. The molecule has 0 aliphatic heterocycles. The van der Waals surface area contributed by atoms with Crippen molar-refractivity contribution in [1.29, 1.82) is 0 Å². The van der Waals surface area contributed by atoms with Crippen LogP contribution in [0.5, 0.6) is 0 Å². The van der Waals surface area contributed by atoms with Crippen molar-refractivity contribution in [2.45, 2.75) is 52.4 Å². The molecule has 0 unspecified atom stereocenters. The summed E-state index contributed by atoms with van der Waals surface area (Å²) in [7, 11) is -4.48. The lowest BCUT2D eigenvalue weighted by molar-refractivity contribution is -0.158. The Labute approximate surface area is 122 Å². The van der Waals surface area contributed by atoms with Crippen molar-refractivity contribution >= 4 is 16.2 Å². The summed E-state index contributed by atoms with van der Waals surface area (Å²) < 4.78 is 67.4. The lowest BCUT2D eigenvalue weighted by Gasteiger charge is -2.26. The molecule has 0 saturated carbocycles. The molecular weight excluding hydrogens is 313 g/mol. The summed E-state index contributed by atoms with van der Waals surface area (Å²) in [5.74, 6) is -1.35. The predicted octanol–water partition coefficient (Wildman–Crippen LogP) is 1.34. The van der Waals surface area contributed by atoms with Crippen molar-refractivity contribution in [2.75, 3.05) is 6.54 Å². The van der Waals surface area contributed by atoms with Gasteiger partial charge in [-0.3, -0.25) is 4.79 Å². The molecule has 0 aliphatic carbocycles. The van der Waals surface area contributed by atoms with E-state index in [-0.39, 0.29) is 0 Å². The molecule has 0 amide bonds. The van der Waals surface area contributed by atoms with E-state index >= 15 is 0 Å². The van der Waals surface area contributed by atoms with Gasteiger partial charge in [0.05, 0.1) is 0 Å². The van der Waals surface area contributed by atoms with Gasteiger partial charge in [-0.25, -0.2) is 0 Å². The normalized spacial score (nSPS) is 15.1. The van der Waals surface area contributed by atoms with Crippen molar-refractivity contribution in [2.24, 2.45) is 5.92 Å². The van der Waals surface area contributed by atoms with E-state index in [0.717, 1.165) is 0 Å². The average Bonchev–Trinajstić information content (AvgIpc) is 2.19. The zero-order valence-corrected chi connectivity index (χ0v) is 13.4. The van der Waals surface area contributed by atoms with Gasteiger partial charge in [-0.2, -0.15) is 31.0 Å². The first-order valence-corrected chi connectivity index (χ1v) is 7.68. The second-order valence-corrected chi connectivity index (χ2v) is 7.34. The molecule has 2 N–H and O–H groups in total. The minimum atomic E-state index is -4.69. The molecule has 0 spiro atoms. The maximum Gasteiger partial charge on any atom is 0.402 e. The van der Waals surface area contributed by atoms with Crippen LogP contribution in [0.2, 0.25) is 0 Å². The number of carbonyl (C=O) groups is 1. The van der Waals surface area contributed by atoms with Crippen LogP contribution in [-0.4, -0.2) is 38.8 Å². The predicted molar refractivity (Wildman–Crippen MR) is 70.6 cm³/mol. The number of nitrogens with one attached hydrogen (secondary N) is 2. The zero-order chi connectivity index (χ0) is 17.1. The summed E-state index contributed by atoms with van der Waals surface area (Å²) in [6.07, 6.45) is -4.69. The smallest absolute Gasteiger partial charge is 0.402 e. The number of carbonyl (C=O) groups excluding carboxylic acids is 1. The highest BCUT2D eigenvalue weighted by molar-refractivity contribution is 7.87. The molecule has 0 rings (SSSR count). The fourth-order valence-corrected chi connectivity index (χ4v) is 2.35.